The third-order valence-electron chi connectivity index (χ3n) is 12.3. The first-order valence-corrected chi connectivity index (χ1v) is 21.0. The number of hydrogen-bond acceptors (Lipinski definition) is 10. The number of nitrogens with one attached hydrogen (secondary N) is 5. The van der Waals surface area contributed by atoms with Gasteiger partial charge in [0.05, 0.1) is 51.8 Å². The van der Waals surface area contributed by atoms with Crippen LogP contribution in [0.15, 0.2) is 0 Å². The molecule has 1 saturated heterocycles. The van der Waals surface area contributed by atoms with Crippen LogP contribution in [0.1, 0.15) is 126 Å². The van der Waals surface area contributed by atoms with E-state index < -0.39 is 5.41 Å². The number of carbonyl (C=O) groups is 2. The molecule has 0 radical (unpaired) electrons. The molecule has 308 valence electrons. The van der Waals surface area contributed by atoms with E-state index in [9.17, 15) is 14.7 Å². The lowest BCUT2D eigenvalue weighted by molar-refractivity contribution is -0.128. The van der Waals surface area contributed by atoms with E-state index in [1.807, 2.05) is 20.8 Å². The second-order valence-electron chi connectivity index (χ2n) is 19.3. The molecule has 0 aromatic heterocycles. The van der Waals surface area contributed by atoms with E-state index in [0.29, 0.717) is 82.4 Å². The number of unbranched alkanes of at least 4 members (excludes halogenated alkanes) is 1. The molecule has 53 heavy (non-hydrogen) atoms. The minimum atomic E-state index is -0.404. The Hall–Kier alpha value is -1.54. The average Bonchev–Trinajstić information content (AvgIpc) is 3.59. The SMILES string of the molecule is CC(C)(C)CC(C)(CO)COCCCCC1CCCC(C23CCC4C(CCC2NNN3)C4COC(=O)NCCOCCOCCNC(=O)C(C)(C)C)C1. The molecule has 2 amide bonds. The first kappa shape index (κ1) is 44.2. The fraction of sp³-hybridized carbons (Fsp3) is 0.951. The molecular weight excluding hydrogens is 674 g/mol. The monoisotopic (exact) mass is 752 g/mol. The molecule has 6 N–H and O–H groups in total. The molecule has 12 heteroatoms. The Balaban J connectivity index is 1.08. The van der Waals surface area contributed by atoms with E-state index in [4.69, 9.17) is 18.9 Å². The smallest absolute Gasteiger partial charge is 0.407 e. The van der Waals surface area contributed by atoms with Gasteiger partial charge in [0, 0.05) is 36.6 Å². The molecule has 4 fully saturated rings. The number of aliphatic hydroxyl groups excluding tert-OH is 1. The van der Waals surface area contributed by atoms with Crippen molar-refractivity contribution < 1.29 is 33.6 Å². The van der Waals surface area contributed by atoms with Gasteiger partial charge in [0.15, 0.2) is 0 Å². The molecule has 0 spiro atoms. The van der Waals surface area contributed by atoms with Gasteiger partial charge in [0.25, 0.3) is 0 Å². The maximum Gasteiger partial charge on any atom is 0.407 e. The molecule has 0 aromatic carbocycles. The first-order chi connectivity index (χ1) is 25.2. The van der Waals surface area contributed by atoms with Gasteiger partial charge in [-0.3, -0.25) is 4.79 Å². The summed E-state index contributed by atoms with van der Waals surface area (Å²) in [7, 11) is 0. The normalized spacial score (nSPS) is 30.0. The fourth-order valence-corrected chi connectivity index (χ4v) is 9.69. The van der Waals surface area contributed by atoms with Crippen LogP contribution in [0.25, 0.3) is 0 Å². The Kier molecular flexibility index (Phi) is 17.1. The summed E-state index contributed by atoms with van der Waals surface area (Å²) in [5.74, 6) is 3.15. The molecule has 4 rings (SSSR count). The van der Waals surface area contributed by atoms with Crippen molar-refractivity contribution in [3.8, 4) is 0 Å². The number of aliphatic hydroxyl groups is 1. The third kappa shape index (κ3) is 14.2. The van der Waals surface area contributed by atoms with Crippen molar-refractivity contribution in [2.24, 2.45) is 45.8 Å². The summed E-state index contributed by atoms with van der Waals surface area (Å²) in [6.07, 6.45) is 14.0. The van der Waals surface area contributed by atoms with E-state index in [2.05, 4.69) is 54.7 Å². The van der Waals surface area contributed by atoms with Gasteiger partial charge in [-0.05, 0) is 86.4 Å². The summed E-state index contributed by atoms with van der Waals surface area (Å²) in [4.78, 5) is 24.3. The number of rotatable bonds is 21. The highest BCUT2D eigenvalue weighted by Gasteiger charge is 2.57. The number of fused-ring (bicyclic) bond motifs is 2. The molecule has 0 bridgehead atoms. The summed E-state index contributed by atoms with van der Waals surface area (Å²) in [5, 5.41) is 15.7. The van der Waals surface area contributed by atoms with Crippen molar-refractivity contribution >= 4 is 12.0 Å². The van der Waals surface area contributed by atoms with Crippen LogP contribution in [0.2, 0.25) is 0 Å². The molecule has 3 aliphatic carbocycles. The van der Waals surface area contributed by atoms with E-state index in [0.717, 1.165) is 38.2 Å². The number of amides is 2. The van der Waals surface area contributed by atoms with Gasteiger partial charge in [-0.25, -0.2) is 15.6 Å². The van der Waals surface area contributed by atoms with Crippen molar-refractivity contribution in [3.63, 3.8) is 0 Å². The zero-order valence-corrected chi connectivity index (χ0v) is 34.4. The van der Waals surface area contributed by atoms with Crippen LogP contribution in [-0.4, -0.2) is 94.6 Å². The van der Waals surface area contributed by atoms with Crippen molar-refractivity contribution in [2.75, 3.05) is 65.9 Å². The number of hydrazine groups is 2. The zero-order chi connectivity index (χ0) is 38.5. The van der Waals surface area contributed by atoms with Gasteiger partial charge in [0.1, 0.15) is 0 Å². The maximum absolute atomic E-state index is 12.4. The third-order valence-corrected chi connectivity index (χ3v) is 12.3. The Morgan fingerprint density at radius 3 is 2.25 bits per heavy atom. The van der Waals surface area contributed by atoms with Gasteiger partial charge in [-0.2, -0.15) is 5.53 Å². The summed E-state index contributed by atoms with van der Waals surface area (Å²) in [6.45, 7) is 19.1. The van der Waals surface area contributed by atoms with Crippen molar-refractivity contribution in [3.05, 3.63) is 0 Å². The van der Waals surface area contributed by atoms with Crippen LogP contribution in [0.5, 0.6) is 0 Å². The molecule has 12 nitrogen and oxygen atoms in total. The fourth-order valence-electron chi connectivity index (χ4n) is 9.69. The van der Waals surface area contributed by atoms with Crippen molar-refractivity contribution in [1.29, 1.82) is 0 Å². The largest absolute Gasteiger partial charge is 0.449 e. The Labute approximate surface area is 321 Å². The number of alkyl carbamates (subject to hydrolysis) is 1. The quantitative estimate of drug-likeness (QED) is 0.0831. The topological polar surface area (TPSA) is 151 Å². The minimum absolute atomic E-state index is 0.00781. The van der Waals surface area contributed by atoms with Crippen LogP contribution >= 0.6 is 0 Å². The van der Waals surface area contributed by atoms with Crippen LogP contribution in [0.3, 0.4) is 0 Å². The summed E-state index contributed by atoms with van der Waals surface area (Å²) in [5.41, 5.74) is 10.4. The van der Waals surface area contributed by atoms with Crippen LogP contribution in [-0.2, 0) is 23.7 Å². The van der Waals surface area contributed by atoms with E-state index >= 15 is 0 Å². The molecular formula is C41H77N5O7. The molecule has 3 saturated carbocycles. The van der Waals surface area contributed by atoms with Crippen molar-refractivity contribution in [2.45, 2.75) is 137 Å². The Bertz CT molecular complexity index is 1120. The molecule has 1 heterocycles. The average molecular weight is 752 g/mol. The number of carbonyl (C=O) groups excluding carboxylic acids is 2. The zero-order valence-electron chi connectivity index (χ0n) is 34.4. The first-order valence-electron chi connectivity index (χ1n) is 21.0. The minimum Gasteiger partial charge on any atom is -0.449 e. The van der Waals surface area contributed by atoms with Crippen molar-refractivity contribution in [1.82, 2.24) is 27.0 Å². The summed E-state index contributed by atoms with van der Waals surface area (Å²) in [6, 6.07) is 0.416. The molecule has 4 aliphatic rings. The van der Waals surface area contributed by atoms with E-state index in [-0.39, 0.29) is 35.0 Å². The predicted octanol–water partition coefficient (Wildman–Crippen LogP) is 5.49. The maximum atomic E-state index is 12.4. The summed E-state index contributed by atoms with van der Waals surface area (Å²) >= 11 is 0. The molecule has 8 atom stereocenters. The lowest BCUT2D eigenvalue weighted by atomic mass is 9.64. The lowest BCUT2D eigenvalue weighted by Gasteiger charge is -2.45. The van der Waals surface area contributed by atoms with Crippen LogP contribution in [0, 0.1) is 45.8 Å². The molecule has 1 aliphatic heterocycles. The molecule has 8 unspecified atom stereocenters. The Morgan fingerprint density at radius 2 is 1.55 bits per heavy atom. The predicted molar refractivity (Wildman–Crippen MR) is 208 cm³/mol. The van der Waals surface area contributed by atoms with Gasteiger partial charge < -0.3 is 34.7 Å². The number of hydrogen-bond donors (Lipinski definition) is 6. The van der Waals surface area contributed by atoms with Crippen LogP contribution < -0.4 is 27.0 Å². The van der Waals surface area contributed by atoms with Gasteiger partial charge >= 0.3 is 6.09 Å². The van der Waals surface area contributed by atoms with E-state index in [1.165, 1.54) is 51.4 Å². The Morgan fingerprint density at radius 1 is 0.830 bits per heavy atom. The highest BCUT2D eigenvalue weighted by atomic mass is 16.6. The second-order valence-corrected chi connectivity index (χ2v) is 19.3. The lowest BCUT2D eigenvalue weighted by Crippen LogP contribution is -2.57. The van der Waals surface area contributed by atoms with Gasteiger partial charge in [-0.15, -0.1) is 0 Å². The van der Waals surface area contributed by atoms with Gasteiger partial charge in [0.2, 0.25) is 5.91 Å². The van der Waals surface area contributed by atoms with E-state index in [1.54, 1.807) is 0 Å². The molecule has 0 aromatic rings. The highest BCUT2D eigenvalue weighted by molar-refractivity contribution is 5.81. The highest BCUT2D eigenvalue weighted by Crippen LogP contribution is 2.56. The van der Waals surface area contributed by atoms with Crippen LogP contribution in [0.4, 0.5) is 4.79 Å². The second kappa shape index (κ2) is 20.6. The number of ether oxygens (including phenoxy) is 4. The van der Waals surface area contributed by atoms with Gasteiger partial charge in [-0.1, -0.05) is 74.1 Å². The standard InChI is InChI=1S/C41H77N5O7/c1-38(2,3)27-40(7,28-47)29-52-20-9-8-11-30-12-10-13-31(25-30)41-17-16-33-32(14-15-35(41)44-46-45-41)34(33)26-53-37(49)43-19-22-51-24-23-50-21-18-42-36(48)39(4,5)6/h30-35,44-47H,8-29H2,1-7H3,(H,42,48)(H,43,49). The summed E-state index contributed by atoms with van der Waals surface area (Å²) < 4.78 is 22.8.